The van der Waals surface area contributed by atoms with Crippen LogP contribution in [-0.4, -0.2) is 19.4 Å². The first-order chi connectivity index (χ1) is 17.3. The maximum Gasteiger partial charge on any atom is 0.178 e. The summed E-state index contributed by atoms with van der Waals surface area (Å²) in [6, 6.07) is 24.5. The Kier molecular flexibility index (Phi) is 3.11. The predicted molar refractivity (Wildman–Crippen MR) is 140 cm³/mol. The van der Waals surface area contributed by atoms with Crippen LogP contribution in [0.5, 0.6) is 0 Å². The van der Waals surface area contributed by atoms with Crippen molar-refractivity contribution in [3.63, 3.8) is 0 Å². The number of aromatic nitrogens is 4. The van der Waals surface area contributed by atoms with Crippen molar-refractivity contribution in [2.24, 2.45) is 0 Å². The highest BCUT2D eigenvalue weighted by Gasteiger charge is 2.27. The van der Waals surface area contributed by atoms with Gasteiger partial charge in [-0.05, 0) is 99.1 Å². The fourth-order valence-corrected chi connectivity index (χ4v) is 6.51. The van der Waals surface area contributed by atoms with Gasteiger partial charge in [0, 0.05) is 23.2 Å². The average Bonchev–Trinajstić information content (AvgIpc) is 3.58. The van der Waals surface area contributed by atoms with E-state index < -0.39 is 0 Å². The molecule has 0 aliphatic heterocycles. The standard InChI is InChI=1S/C31H18N4/c1-2-5-20-17(4-1)12-18-13-25-19(14-24(18)20)15-26-21(25)7-8-23-29(26)22-9-11-32-16-28(22)35-27-6-3-10-33-30(27)34-31(23)35/h1-11,13-14,16H,12,15H2. The minimum absolute atomic E-state index is 0.768. The second-order valence-corrected chi connectivity index (χ2v) is 9.70. The van der Waals surface area contributed by atoms with Crippen LogP contribution in [0.1, 0.15) is 22.3 Å². The monoisotopic (exact) mass is 446 g/mol. The van der Waals surface area contributed by atoms with Crippen molar-refractivity contribution < 1.29 is 0 Å². The van der Waals surface area contributed by atoms with E-state index in [4.69, 9.17) is 4.98 Å². The van der Waals surface area contributed by atoms with Crippen LogP contribution in [-0.2, 0) is 12.8 Å². The van der Waals surface area contributed by atoms with Crippen LogP contribution in [0.15, 0.2) is 85.3 Å². The number of hydrogen-bond acceptors (Lipinski definition) is 3. The zero-order chi connectivity index (χ0) is 22.7. The minimum atomic E-state index is 0.768. The summed E-state index contributed by atoms with van der Waals surface area (Å²) in [4.78, 5) is 14.0. The van der Waals surface area contributed by atoms with Crippen LogP contribution < -0.4 is 0 Å². The largest absolute Gasteiger partial charge is 0.288 e. The highest BCUT2D eigenvalue weighted by Crippen LogP contribution is 2.47. The molecule has 0 unspecified atom stereocenters. The summed E-state index contributed by atoms with van der Waals surface area (Å²) >= 11 is 0. The molecule has 4 heterocycles. The smallest absolute Gasteiger partial charge is 0.178 e. The van der Waals surface area contributed by atoms with Crippen LogP contribution >= 0.6 is 0 Å². The molecule has 35 heavy (non-hydrogen) atoms. The molecular formula is C31H18N4. The minimum Gasteiger partial charge on any atom is -0.288 e. The fraction of sp³-hybridized carbons (Fsp3) is 0.0645. The number of rotatable bonds is 0. The lowest BCUT2D eigenvalue weighted by molar-refractivity contribution is 1.24. The van der Waals surface area contributed by atoms with Crippen molar-refractivity contribution in [3.05, 3.63) is 108 Å². The molecule has 0 radical (unpaired) electrons. The van der Waals surface area contributed by atoms with Gasteiger partial charge in [-0.15, -0.1) is 0 Å². The van der Waals surface area contributed by atoms with Crippen molar-refractivity contribution >= 4 is 38.5 Å². The molecule has 0 fully saturated rings. The molecule has 0 saturated carbocycles. The zero-order valence-corrected chi connectivity index (χ0v) is 18.8. The lowest BCUT2D eigenvalue weighted by Crippen LogP contribution is -1.95. The Labute approximate surface area is 200 Å². The van der Waals surface area contributed by atoms with Crippen molar-refractivity contribution in [1.29, 1.82) is 0 Å². The summed E-state index contributed by atoms with van der Waals surface area (Å²) in [7, 11) is 0. The molecule has 0 spiro atoms. The van der Waals surface area contributed by atoms with Gasteiger partial charge in [0.25, 0.3) is 0 Å². The summed E-state index contributed by atoms with van der Waals surface area (Å²) < 4.78 is 2.22. The van der Waals surface area contributed by atoms with E-state index in [1.165, 1.54) is 60.7 Å². The van der Waals surface area contributed by atoms with Crippen LogP contribution in [0.3, 0.4) is 0 Å². The van der Waals surface area contributed by atoms with Crippen LogP contribution in [0.2, 0.25) is 0 Å². The van der Waals surface area contributed by atoms with Gasteiger partial charge in [0.05, 0.1) is 17.2 Å². The summed E-state index contributed by atoms with van der Waals surface area (Å²) in [5, 5.41) is 3.68. The van der Waals surface area contributed by atoms with Crippen molar-refractivity contribution in [3.8, 4) is 22.3 Å². The van der Waals surface area contributed by atoms with E-state index in [2.05, 4.69) is 75.0 Å². The normalized spacial score (nSPS) is 13.5. The molecule has 9 rings (SSSR count). The Morgan fingerprint density at radius 3 is 2.51 bits per heavy atom. The molecule has 162 valence electrons. The summed E-state index contributed by atoms with van der Waals surface area (Å²) in [5.41, 5.74) is 15.0. The molecule has 2 aliphatic carbocycles. The molecule has 2 aliphatic rings. The molecule has 4 nitrogen and oxygen atoms in total. The van der Waals surface area contributed by atoms with E-state index in [-0.39, 0.29) is 0 Å². The maximum atomic E-state index is 4.97. The fourth-order valence-electron chi connectivity index (χ4n) is 6.51. The summed E-state index contributed by atoms with van der Waals surface area (Å²) in [6.07, 6.45) is 7.62. The van der Waals surface area contributed by atoms with Crippen molar-refractivity contribution in [1.82, 2.24) is 19.4 Å². The molecule has 4 heteroatoms. The zero-order valence-electron chi connectivity index (χ0n) is 18.8. The van der Waals surface area contributed by atoms with Gasteiger partial charge in [-0.1, -0.05) is 30.3 Å². The third-order valence-electron chi connectivity index (χ3n) is 7.97. The molecule has 0 N–H and O–H groups in total. The molecule has 0 bridgehead atoms. The lowest BCUT2D eigenvalue weighted by Gasteiger charge is -2.12. The van der Waals surface area contributed by atoms with Crippen molar-refractivity contribution in [2.45, 2.75) is 12.8 Å². The van der Waals surface area contributed by atoms with Gasteiger partial charge < -0.3 is 0 Å². The van der Waals surface area contributed by atoms with E-state index in [1.54, 1.807) is 0 Å². The highest BCUT2D eigenvalue weighted by atomic mass is 15.1. The third kappa shape index (κ3) is 2.15. The van der Waals surface area contributed by atoms with E-state index in [0.29, 0.717) is 0 Å². The SMILES string of the molecule is c1ccc2c(c1)Cc1cc3c(cc1-2)Cc1c-3ccc2c1c1ccncc1n1c3cccnc3nc21. The molecule has 7 aromatic rings. The second-order valence-electron chi connectivity index (χ2n) is 9.70. The number of pyridine rings is 3. The van der Waals surface area contributed by atoms with Crippen molar-refractivity contribution in [2.75, 3.05) is 0 Å². The summed E-state index contributed by atoms with van der Waals surface area (Å²) in [6.45, 7) is 0. The third-order valence-corrected chi connectivity index (χ3v) is 7.97. The first-order valence-electron chi connectivity index (χ1n) is 12.0. The van der Waals surface area contributed by atoms with Crippen LogP contribution in [0.25, 0.3) is 60.7 Å². The van der Waals surface area contributed by atoms with Gasteiger partial charge >= 0.3 is 0 Å². The Bertz CT molecular complexity index is 2070. The Balaban J connectivity index is 1.38. The highest BCUT2D eigenvalue weighted by molar-refractivity contribution is 6.17. The molecule has 3 aromatic carbocycles. The van der Waals surface area contributed by atoms with Gasteiger partial charge in [-0.3, -0.25) is 9.38 Å². The predicted octanol–water partition coefficient (Wildman–Crippen LogP) is 6.73. The number of benzene rings is 3. The molecule has 4 aromatic heterocycles. The van der Waals surface area contributed by atoms with Gasteiger partial charge in [-0.2, -0.15) is 0 Å². The Hall–Kier alpha value is -4.57. The second kappa shape index (κ2) is 6.10. The Morgan fingerprint density at radius 1 is 0.657 bits per heavy atom. The van der Waals surface area contributed by atoms with E-state index in [9.17, 15) is 0 Å². The van der Waals surface area contributed by atoms with Crippen LogP contribution in [0.4, 0.5) is 0 Å². The Morgan fingerprint density at radius 2 is 1.54 bits per heavy atom. The maximum absolute atomic E-state index is 4.97. The van der Waals surface area contributed by atoms with Gasteiger partial charge in [0.15, 0.2) is 5.65 Å². The number of imidazole rings is 1. The summed E-state index contributed by atoms with van der Waals surface area (Å²) in [5.74, 6) is 0. The molecule has 0 amide bonds. The first-order valence-corrected chi connectivity index (χ1v) is 12.0. The average molecular weight is 447 g/mol. The van der Waals surface area contributed by atoms with E-state index in [1.807, 2.05) is 24.7 Å². The topological polar surface area (TPSA) is 43.1 Å². The molecule has 0 atom stereocenters. The van der Waals surface area contributed by atoms with Gasteiger partial charge in [0.1, 0.15) is 5.65 Å². The van der Waals surface area contributed by atoms with Crippen LogP contribution in [0, 0.1) is 0 Å². The number of nitrogens with zero attached hydrogens (tertiary/aromatic N) is 4. The van der Waals surface area contributed by atoms with E-state index in [0.717, 1.165) is 35.2 Å². The quantitative estimate of drug-likeness (QED) is 0.243. The molecule has 0 saturated heterocycles. The lowest BCUT2D eigenvalue weighted by atomic mass is 9.96. The van der Waals surface area contributed by atoms with E-state index >= 15 is 0 Å². The number of fused-ring (bicyclic) bond motifs is 15. The van der Waals surface area contributed by atoms with Gasteiger partial charge in [-0.25, -0.2) is 9.97 Å². The first kappa shape index (κ1) is 17.8. The van der Waals surface area contributed by atoms with Gasteiger partial charge in [0.2, 0.25) is 0 Å². The molecular weight excluding hydrogens is 428 g/mol. The number of hydrogen-bond donors (Lipinski definition) is 0.